The molecular weight excluding hydrogens is 228 g/mol. The fourth-order valence-electron chi connectivity index (χ4n) is 2.65. The third kappa shape index (κ3) is 2.21. The van der Waals surface area contributed by atoms with E-state index in [0.717, 1.165) is 24.8 Å². The van der Waals surface area contributed by atoms with E-state index in [2.05, 4.69) is 18.2 Å². The van der Waals surface area contributed by atoms with Crippen molar-refractivity contribution in [3.63, 3.8) is 0 Å². The molecule has 0 bridgehead atoms. The summed E-state index contributed by atoms with van der Waals surface area (Å²) in [6, 6.07) is 8.10. The van der Waals surface area contributed by atoms with E-state index < -0.39 is 0 Å². The number of aliphatic hydroxyl groups is 1. The molecule has 0 atom stereocenters. The van der Waals surface area contributed by atoms with E-state index in [1.807, 2.05) is 12.1 Å². The molecule has 3 rings (SSSR count). The van der Waals surface area contributed by atoms with Crippen LogP contribution in [0.3, 0.4) is 0 Å². The van der Waals surface area contributed by atoms with Crippen LogP contribution in [0.4, 0.5) is 0 Å². The number of hydrogen-bond donors (Lipinski definition) is 1. The molecule has 1 N–H and O–H groups in total. The summed E-state index contributed by atoms with van der Waals surface area (Å²) in [6.45, 7) is 1.53. The maximum atomic E-state index is 9.03. The molecule has 96 valence electrons. The third-order valence-electron chi connectivity index (χ3n) is 3.76. The molecule has 1 aliphatic heterocycles. The molecule has 1 aliphatic carbocycles. The lowest BCUT2D eigenvalue weighted by Crippen LogP contribution is -2.31. The maximum absolute atomic E-state index is 9.03. The number of benzene rings is 1. The lowest BCUT2D eigenvalue weighted by Gasteiger charge is -2.30. The summed E-state index contributed by atoms with van der Waals surface area (Å²) in [5, 5.41) is 9.03. The Hall–Kier alpha value is -1.16. The first-order chi connectivity index (χ1) is 8.81. The van der Waals surface area contributed by atoms with Crippen LogP contribution in [-0.4, -0.2) is 24.1 Å². The van der Waals surface area contributed by atoms with Crippen molar-refractivity contribution in [1.82, 2.24) is 0 Å². The van der Waals surface area contributed by atoms with Crippen molar-refractivity contribution in [3.05, 3.63) is 41.5 Å². The van der Waals surface area contributed by atoms with Crippen molar-refractivity contribution in [2.45, 2.75) is 31.7 Å². The fourth-order valence-corrected chi connectivity index (χ4v) is 2.65. The zero-order chi connectivity index (χ0) is 12.4. The van der Waals surface area contributed by atoms with E-state index in [9.17, 15) is 0 Å². The number of rotatable bonds is 2. The second kappa shape index (κ2) is 4.84. The van der Waals surface area contributed by atoms with Gasteiger partial charge in [-0.15, -0.1) is 0 Å². The van der Waals surface area contributed by atoms with Crippen molar-refractivity contribution in [2.24, 2.45) is 0 Å². The van der Waals surface area contributed by atoms with Crippen LogP contribution in [0.1, 0.15) is 30.4 Å². The number of aliphatic hydroxyl groups excluding tert-OH is 1. The van der Waals surface area contributed by atoms with Gasteiger partial charge in [0, 0.05) is 12.8 Å². The predicted octanol–water partition coefficient (Wildman–Crippen LogP) is 2.49. The van der Waals surface area contributed by atoms with Crippen LogP contribution in [0, 0.1) is 0 Å². The van der Waals surface area contributed by atoms with Gasteiger partial charge in [0.2, 0.25) is 0 Å². The number of allylic oxidation sites excluding steroid dienone is 1. The Labute approximate surface area is 107 Å². The van der Waals surface area contributed by atoms with Crippen molar-refractivity contribution in [3.8, 4) is 0 Å². The van der Waals surface area contributed by atoms with E-state index in [4.69, 9.17) is 14.6 Å². The highest BCUT2D eigenvalue weighted by atomic mass is 16.7. The molecule has 1 saturated heterocycles. The van der Waals surface area contributed by atoms with Gasteiger partial charge in [-0.1, -0.05) is 30.3 Å². The molecule has 0 aromatic heterocycles. The highest BCUT2D eigenvalue weighted by Gasteiger charge is 2.37. The first-order valence-corrected chi connectivity index (χ1v) is 6.48. The van der Waals surface area contributed by atoms with E-state index >= 15 is 0 Å². The predicted molar refractivity (Wildman–Crippen MR) is 68.8 cm³/mol. The second-order valence-electron chi connectivity index (χ2n) is 4.90. The molecule has 2 aliphatic rings. The van der Waals surface area contributed by atoms with Crippen LogP contribution in [0.5, 0.6) is 0 Å². The molecule has 0 amide bonds. The molecular formula is C15H18O3. The minimum atomic E-state index is -0.339. The zero-order valence-corrected chi connectivity index (χ0v) is 10.4. The van der Waals surface area contributed by atoms with Gasteiger partial charge in [0.25, 0.3) is 0 Å². The monoisotopic (exact) mass is 246 g/mol. The van der Waals surface area contributed by atoms with Gasteiger partial charge < -0.3 is 14.6 Å². The topological polar surface area (TPSA) is 38.7 Å². The SMILES string of the molecule is OCc1ccc(C2=CCC3(CC2)OCCO3)cc1. The van der Waals surface area contributed by atoms with Gasteiger partial charge in [0.1, 0.15) is 0 Å². The average Bonchev–Trinajstić information content (AvgIpc) is 2.88. The first kappa shape index (κ1) is 11.9. The van der Waals surface area contributed by atoms with Crippen LogP contribution in [0.25, 0.3) is 5.57 Å². The fraction of sp³-hybridized carbons (Fsp3) is 0.467. The van der Waals surface area contributed by atoms with Gasteiger partial charge in [0.05, 0.1) is 19.8 Å². The van der Waals surface area contributed by atoms with E-state index in [0.29, 0.717) is 13.2 Å². The summed E-state index contributed by atoms with van der Waals surface area (Å²) < 4.78 is 11.4. The number of hydrogen-bond acceptors (Lipinski definition) is 3. The van der Waals surface area contributed by atoms with Gasteiger partial charge >= 0.3 is 0 Å². The summed E-state index contributed by atoms with van der Waals surface area (Å²) in [7, 11) is 0. The summed E-state index contributed by atoms with van der Waals surface area (Å²) in [4.78, 5) is 0. The molecule has 1 fully saturated rings. The largest absolute Gasteiger partial charge is 0.392 e. The Bertz CT molecular complexity index is 441. The summed E-state index contributed by atoms with van der Waals surface area (Å²) in [5.41, 5.74) is 3.54. The van der Waals surface area contributed by atoms with Crippen LogP contribution in [0.2, 0.25) is 0 Å². The van der Waals surface area contributed by atoms with Crippen LogP contribution in [-0.2, 0) is 16.1 Å². The quantitative estimate of drug-likeness (QED) is 0.871. The Morgan fingerprint density at radius 2 is 1.83 bits per heavy atom. The minimum absolute atomic E-state index is 0.101. The van der Waals surface area contributed by atoms with Crippen LogP contribution >= 0.6 is 0 Å². The zero-order valence-electron chi connectivity index (χ0n) is 10.4. The lowest BCUT2D eigenvalue weighted by molar-refractivity contribution is -0.159. The minimum Gasteiger partial charge on any atom is -0.392 e. The average molecular weight is 246 g/mol. The molecule has 1 heterocycles. The van der Waals surface area contributed by atoms with Crippen molar-refractivity contribution >= 4 is 5.57 Å². The van der Waals surface area contributed by atoms with Gasteiger partial charge in [-0.05, 0) is 23.1 Å². The van der Waals surface area contributed by atoms with Crippen molar-refractivity contribution < 1.29 is 14.6 Å². The normalized spacial score (nSPS) is 22.2. The molecule has 1 spiro atoms. The molecule has 3 heteroatoms. The van der Waals surface area contributed by atoms with Crippen LogP contribution in [0.15, 0.2) is 30.3 Å². The Balaban J connectivity index is 1.75. The highest BCUT2D eigenvalue weighted by molar-refractivity contribution is 5.66. The smallest absolute Gasteiger partial charge is 0.172 e. The third-order valence-corrected chi connectivity index (χ3v) is 3.76. The molecule has 1 aromatic carbocycles. The molecule has 0 radical (unpaired) electrons. The first-order valence-electron chi connectivity index (χ1n) is 6.48. The van der Waals surface area contributed by atoms with E-state index in [-0.39, 0.29) is 12.4 Å². The molecule has 1 aromatic rings. The molecule has 0 saturated carbocycles. The molecule has 18 heavy (non-hydrogen) atoms. The second-order valence-corrected chi connectivity index (χ2v) is 4.90. The maximum Gasteiger partial charge on any atom is 0.172 e. The van der Waals surface area contributed by atoms with Crippen molar-refractivity contribution in [1.29, 1.82) is 0 Å². The van der Waals surface area contributed by atoms with Crippen LogP contribution < -0.4 is 0 Å². The molecule has 3 nitrogen and oxygen atoms in total. The van der Waals surface area contributed by atoms with E-state index in [1.54, 1.807) is 0 Å². The molecule has 0 unspecified atom stereocenters. The Kier molecular flexibility index (Phi) is 3.20. The van der Waals surface area contributed by atoms with E-state index in [1.165, 1.54) is 11.1 Å². The van der Waals surface area contributed by atoms with Gasteiger partial charge in [0.15, 0.2) is 5.79 Å². The summed E-state index contributed by atoms with van der Waals surface area (Å²) in [6.07, 6.45) is 4.98. The van der Waals surface area contributed by atoms with Gasteiger partial charge in [-0.2, -0.15) is 0 Å². The van der Waals surface area contributed by atoms with Gasteiger partial charge in [-0.25, -0.2) is 0 Å². The highest BCUT2D eigenvalue weighted by Crippen LogP contribution is 2.38. The van der Waals surface area contributed by atoms with Crippen molar-refractivity contribution in [2.75, 3.05) is 13.2 Å². The number of ether oxygens (including phenoxy) is 2. The lowest BCUT2D eigenvalue weighted by atomic mass is 9.89. The Morgan fingerprint density at radius 3 is 2.39 bits per heavy atom. The summed E-state index contributed by atoms with van der Waals surface area (Å²) in [5.74, 6) is -0.339. The standard InChI is InChI=1S/C15H18O3/c16-11-12-1-3-13(4-2-12)14-5-7-15(8-6-14)17-9-10-18-15/h1-5,16H,6-11H2. The summed E-state index contributed by atoms with van der Waals surface area (Å²) >= 11 is 0. The van der Waals surface area contributed by atoms with Gasteiger partial charge in [-0.3, -0.25) is 0 Å². The Morgan fingerprint density at radius 1 is 1.11 bits per heavy atom.